The molecule has 0 bridgehead atoms. The Bertz CT molecular complexity index is 692. The smallest absolute Gasteiger partial charge is 0.345 e. The lowest BCUT2D eigenvalue weighted by molar-refractivity contribution is -0.140. The van der Waals surface area contributed by atoms with Gasteiger partial charge in [0.2, 0.25) is 5.90 Å². The summed E-state index contributed by atoms with van der Waals surface area (Å²) in [5.41, 5.74) is 0.790. The second-order valence-electron chi connectivity index (χ2n) is 6.00. The highest BCUT2D eigenvalue weighted by Crippen LogP contribution is 2.39. The molecule has 0 saturated carbocycles. The summed E-state index contributed by atoms with van der Waals surface area (Å²) in [6.45, 7) is 4.18. The van der Waals surface area contributed by atoms with Crippen molar-refractivity contribution in [2.24, 2.45) is 10.9 Å². The normalized spacial score (nSPS) is 20.9. The molecule has 0 fully saturated rings. The van der Waals surface area contributed by atoms with E-state index >= 15 is 0 Å². The molecule has 1 atom stereocenters. The quantitative estimate of drug-likeness (QED) is 0.801. The van der Waals surface area contributed by atoms with Crippen molar-refractivity contribution in [2.45, 2.75) is 25.8 Å². The zero-order valence-electron chi connectivity index (χ0n) is 12.8. The van der Waals surface area contributed by atoms with Gasteiger partial charge in [0.1, 0.15) is 0 Å². The molecule has 0 saturated heterocycles. The van der Waals surface area contributed by atoms with Crippen LogP contribution < -0.4 is 0 Å². The highest BCUT2D eigenvalue weighted by atomic mass is 16.6. The first-order chi connectivity index (χ1) is 10.6. The molecule has 0 spiro atoms. The monoisotopic (exact) mass is 293 g/mol. The van der Waals surface area contributed by atoms with Crippen LogP contribution in [0.3, 0.4) is 0 Å². The van der Waals surface area contributed by atoms with Gasteiger partial charge >= 0.3 is 5.97 Å². The molecule has 0 amide bonds. The van der Waals surface area contributed by atoms with Gasteiger partial charge in [0.15, 0.2) is 5.54 Å². The average Bonchev–Trinajstić information content (AvgIpc) is 2.86. The Morgan fingerprint density at radius 3 is 2.18 bits per heavy atom. The van der Waals surface area contributed by atoms with Crippen LogP contribution in [0.1, 0.15) is 31.4 Å². The fourth-order valence-corrected chi connectivity index (χ4v) is 2.85. The third-order valence-corrected chi connectivity index (χ3v) is 3.80. The molecule has 3 heteroatoms. The van der Waals surface area contributed by atoms with Gasteiger partial charge in [-0.3, -0.25) is 0 Å². The topological polar surface area (TPSA) is 38.7 Å². The largest absolute Gasteiger partial charge is 0.405 e. The van der Waals surface area contributed by atoms with E-state index in [0.717, 1.165) is 11.1 Å². The van der Waals surface area contributed by atoms with Crippen molar-refractivity contribution >= 4 is 11.9 Å². The molecule has 112 valence electrons. The van der Waals surface area contributed by atoms with Gasteiger partial charge in [-0.1, -0.05) is 62.4 Å². The third kappa shape index (κ3) is 2.54. The van der Waals surface area contributed by atoms with Crippen LogP contribution in [-0.2, 0) is 15.1 Å². The van der Waals surface area contributed by atoms with Gasteiger partial charge in [-0.15, -0.1) is 0 Å². The molecule has 0 unspecified atom stereocenters. The Morgan fingerprint density at radius 2 is 1.59 bits per heavy atom. The fraction of sp³-hybridized carbons (Fsp3) is 0.263. The van der Waals surface area contributed by atoms with E-state index in [0.29, 0.717) is 18.2 Å². The predicted octanol–water partition coefficient (Wildman–Crippen LogP) is 3.93. The lowest BCUT2D eigenvalue weighted by atomic mass is 9.83. The molecule has 0 aromatic heterocycles. The number of rotatable bonds is 4. The minimum Gasteiger partial charge on any atom is -0.405 e. The van der Waals surface area contributed by atoms with Gasteiger partial charge in [0.05, 0.1) is 0 Å². The number of cyclic esters (lactones) is 1. The van der Waals surface area contributed by atoms with Crippen LogP contribution >= 0.6 is 0 Å². The maximum atomic E-state index is 12.7. The zero-order chi connectivity index (χ0) is 15.6. The molecular weight excluding hydrogens is 274 g/mol. The minimum atomic E-state index is -0.930. The number of hydrogen-bond donors (Lipinski definition) is 0. The summed E-state index contributed by atoms with van der Waals surface area (Å²) in [4.78, 5) is 17.4. The molecule has 2 aromatic rings. The molecule has 0 N–H and O–H groups in total. The summed E-state index contributed by atoms with van der Waals surface area (Å²) in [5.74, 6) is 0.452. The van der Waals surface area contributed by atoms with Crippen LogP contribution in [-0.4, -0.2) is 11.9 Å². The standard InChI is InChI=1S/C19H19NO2/c1-14(2)13-19(16-11-7-4-8-12-16)18(21)22-17(20-19)15-9-5-3-6-10-15/h3-12,14H,13H2,1-2H3/t19-/m1/s1. The van der Waals surface area contributed by atoms with E-state index in [2.05, 4.69) is 13.8 Å². The van der Waals surface area contributed by atoms with Crippen LogP contribution in [0.4, 0.5) is 0 Å². The molecular formula is C19H19NO2. The highest BCUT2D eigenvalue weighted by Gasteiger charge is 2.47. The van der Waals surface area contributed by atoms with Gasteiger partial charge in [-0.05, 0) is 30.0 Å². The van der Waals surface area contributed by atoms with Crippen molar-refractivity contribution < 1.29 is 9.53 Å². The second-order valence-corrected chi connectivity index (χ2v) is 6.00. The minimum absolute atomic E-state index is 0.286. The second kappa shape index (κ2) is 5.76. The van der Waals surface area contributed by atoms with Crippen molar-refractivity contribution in [3.63, 3.8) is 0 Å². The summed E-state index contributed by atoms with van der Waals surface area (Å²) < 4.78 is 5.53. The molecule has 3 rings (SSSR count). The summed E-state index contributed by atoms with van der Waals surface area (Å²) in [5, 5.41) is 0. The number of aliphatic imine (C=N–C) groups is 1. The Kier molecular flexibility index (Phi) is 3.80. The van der Waals surface area contributed by atoms with Crippen molar-refractivity contribution in [3.8, 4) is 0 Å². The molecule has 22 heavy (non-hydrogen) atoms. The maximum Gasteiger partial charge on any atom is 0.345 e. The van der Waals surface area contributed by atoms with E-state index in [4.69, 9.17) is 9.73 Å². The SMILES string of the molecule is CC(C)C[C@]1(c2ccccc2)N=C(c2ccccc2)OC1=O. The Morgan fingerprint density at radius 1 is 1.00 bits per heavy atom. The van der Waals surface area contributed by atoms with Gasteiger partial charge in [0, 0.05) is 5.56 Å². The van der Waals surface area contributed by atoms with E-state index in [1.54, 1.807) is 0 Å². The number of nitrogens with zero attached hydrogens (tertiary/aromatic N) is 1. The van der Waals surface area contributed by atoms with E-state index in [1.807, 2.05) is 60.7 Å². The predicted molar refractivity (Wildman–Crippen MR) is 86.6 cm³/mol. The van der Waals surface area contributed by atoms with E-state index in [-0.39, 0.29) is 5.97 Å². The zero-order valence-corrected chi connectivity index (χ0v) is 12.8. The first-order valence-electron chi connectivity index (χ1n) is 7.55. The Labute approximate surface area is 130 Å². The summed E-state index contributed by atoms with van der Waals surface area (Å²) in [6.07, 6.45) is 0.631. The molecule has 0 radical (unpaired) electrons. The molecule has 3 nitrogen and oxygen atoms in total. The van der Waals surface area contributed by atoms with Crippen LogP contribution in [0.2, 0.25) is 0 Å². The van der Waals surface area contributed by atoms with Gasteiger partial charge in [0.25, 0.3) is 0 Å². The number of hydrogen-bond acceptors (Lipinski definition) is 3. The summed E-state index contributed by atoms with van der Waals surface area (Å²) in [7, 11) is 0. The van der Waals surface area contributed by atoms with Crippen molar-refractivity contribution in [1.29, 1.82) is 0 Å². The number of carbonyl (C=O) groups excluding carboxylic acids is 1. The molecule has 1 heterocycles. The van der Waals surface area contributed by atoms with Crippen molar-refractivity contribution in [3.05, 3.63) is 71.8 Å². The fourth-order valence-electron chi connectivity index (χ4n) is 2.85. The Hall–Kier alpha value is -2.42. The molecule has 1 aliphatic rings. The summed E-state index contributed by atoms with van der Waals surface area (Å²) >= 11 is 0. The van der Waals surface area contributed by atoms with Crippen LogP contribution in [0.25, 0.3) is 0 Å². The van der Waals surface area contributed by atoms with E-state index in [1.165, 1.54) is 0 Å². The van der Waals surface area contributed by atoms with E-state index < -0.39 is 5.54 Å². The molecule has 0 aliphatic carbocycles. The van der Waals surface area contributed by atoms with Gasteiger partial charge in [-0.2, -0.15) is 0 Å². The van der Waals surface area contributed by atoms with E-state index in [9.17, 15) is 4.79 Å². The number of carbonyl (C=O) groups is 1. The first kappa shape index (κ1) is 14.5. The number of benzene rings is 2. The molecule has 2 aromatic carbocycles. The van der Waals surface area contributed by atoms with Crippen molar-refractivity contribution in [1.82, 2.24) is 0 Å². The van der Waals surface area contributed by atoms with Crippen LogP contribution in [0, 0.1) is 5.92 Å². The maximum absolute atomic E-state index is 12.7. The van der Waals surface area contributed by atoms with Gasteiger partial charge < -0.3 is 4.74 Å². The van der Waals surface area contributed by atoms with Crippen LogP contribution in [0.5, 0.6) is 0 Å². The number of esters is 1. The highest BCUT2D eigenvalue weighted by molar-refractivity contribution is 6.08. The van der Waals surface area contributed by atoms with Gasteiger partial charge in [-0.25, -0.2) is 9.79 Å². The first-order valence-corrected chi connectivity index (χ1v) is 7.55. The lowest BCUT2D eigenvalue weighted by Crippen LogP contribution is -2.32. The van der Waals surface area contributed by atoms with Crippen molar-refractivity contribution in [2.75, 3.05) is 0 Å². The summed E-state index contributed by atoms with van der Waals surface area (Å²) in [6, 6.07) is 19.3. The number of ether oxygens (including phenoxy) is 1. The lowest BCUT2D eigenvalue weighted by Gasteiger charge is -2.24. The average molecular weight is 293 g/mol. The molecule has 1 aliphatic heterocycles. The third-order valence-electron chi connectivity index (χ3n) is 3.80. The van der Waals surface area contributed by atoms with Crippen LogP contribution in [0.15, 0.2) is 65.7 Å². The Balaban J connectivity index is 2.10.